The van der Waals surface area contributed by atoms with E-state index in [0.29, 0.717) is 27.4 Å². The van der Waals surface area contributed by atoms with Crippen molar-refractivity contribution in [1.82, 2.24) is 4.98 Å². The van der Waals surface area contributed by atoms with E-state index < -0.39 is 11.4 Å². The van der Waals surface area contributed by atoms with Gasteiger partial charge in [0.1, 0.15) is 12.2 Å². The van der Waals surface area contributed by atoms with Gasteiger partial charge in [0.05, 0.1) is 24.6 Å². The summed E-state index contributed by atoms with van der Waals surface area (Å²) < 4.78 is 16.1. The van der Waals surface area contributed by atoms with E-state index in [1.165, 1.54) is 13.3 Å². The molecule has 0 saturated carbocycles. The minimum absolute atomic E-state index is 0.0634. The highest BCUT2D eigenvalue weighted by atomic mass is 35.5. The standard InChI is InChI=1S/C20H18ClNO5/c1-3-26-20(24)14-10-22-16-9-17(25-2)18(8-13(16)19(14)23)27-11-12-6-4-5-7-15(12)21/h4-10H,3,11H2,1-2H3,(H,22,23). The van der Waals surface area contributed by atoms with E-state index in [1.807, 2.05) is 18.2 Å². The number of carbonyl (C=O) groups excluding carboxylic acids is 1. The number of methoxy groups -OCH3 is 1. The summed E-state index contributed by atoms with van der Waals surface area (Å²) in [5, 5.41) is 0.884. The Bertz CT molecular complexity index is 1040. The number of benzene rings is 2. The summed E-state index contributed by atoms with van der Waals surface area (Å²) >= 11 is 6.15. The van der Waals surface area contributed by atoms with Crippen LogP contribution in [0.3, 0.4) is 0 Å². The number of aromatic nitrogens is 1. The highest BCUT2D eigenvalue weighted by Gasteiger charge is 2.17. The topological polar surface area (TPSA) is 77.6 Å². The van der Waals surface area contributed by atoms with Gasteiger partial charge < -0.3 is 19.2 Å². The van der Waals surface area contributed by atoms with Crippen molar-refractivity contribution in [3.05, 3.63) is 69.0 Å². The fraction of sp³-hybridized carbons (Fsp3) is 0.200. The fourth-order valence-electron chi connectivity index (χ4n) is 2.63. The number of halogens is 1. The maximum atomic E-state index is 12.7. The average Bonchev–Trinajstić information content (AvgIpc) is 2.67. The molecule has 6 nitrogen and oxygen atoms in total. The number of H-pyrrole nitrogens is 1. The molecule has 140 valence electrons. The van der Waals surface area contributed by atoms with Gasteiger partial charge in [0.15, 0.2) is 11.5 Å². The van der Waals surface area contributed by atoms with E-state index in [0.717, 1.165) is 5.56 Å². The Hall–Kier alpha value is -2.99. The van der Waals surface area contributed by atoms with E-state index >= 15 is 0 Å². The molecule has 27 heavy (non-hydrogen) atoms. The zero-order valence-electron chi connectivity index (χ0n) is 14.9. The molecule has 0 aliphatic carbocycles. The average molecular weight is 388 g/mol. The Morgan fingerprint density at radius 1 is 1.19 bits per heavy atom. The molecule has 0 unspecified atom stereocenters. The molecule has 1 N–H and O–H groups in total. The lowest BCUT2D eigenvalue weighted by Gasteiger charge is -2.13. The summed E-state index contributed by atoms with van der Waals surface area (Å²) in [7, 11) is 1.51. The number of hydrogen-bond donors (Lipinski definition) is 1. The first-order chi connectivity index (χ1) is 13.0. The quantitative estimate of drug-likeness (QED) is 0.648. The molecule has 0 amide bonds. The van der Waals surface area contributed by atoms with Gasteiger partial charge in [-0.1, -0.05) is 29.8 Å². The van der Waals surface area contributed by atoms with E-state index in [9.17, 15) is 9.59 Å². The van der Waals surface area contributed by atoms with Gasteiger partial charge in [0, 0.05) is 22.8 Å². The Balaban J connectivity index is 2.01. The van der Waals surface area contributed by atoms with Crippen LogP contribution in [0.1, 0.15) is 22.8 Å². The van der Waals surface area contributed by atoms with E-state index in [-0.39, 0.29) is 18.8 Å². The largest absolute Gasteiger partial charge is 0.493 e. The molecule has 3 rings (SSSR count). The molecular weight excluding hydrogens is 370 g/mol. The van der Waals surface area contributed by atoms with Crippen LogP contribution in [-0.4, -0.2) is 24.7 Å². The lowest BCUT2D eigenvalue weighted by molar-refractivity contribution is 0.0524. The van der Waals surface area contributed by atoms with Crippen LogP contribution in [0.2, 0.25) is 5.02 Å². The van der Waals surface area contributed by atoms with Gasteiger partial charge in [-0.2, -0.15) is 0 Å². The molecule has 3 aromatic rings. The first kappa shape index (κ1) is 18.8. The number of nitrogens with one attached hydrogen (secondary N) is 1. The zero-order chi connectivity index (χ0) is 19.4. The molecule has 2 aromatic carbocycles. The molecule has 0 spiro atoms. The van der Waals surface area contributed by atoms with Crippen molar-refractivity contribution in [2.75, 3.05) is 13.7 Å². The third-order valence-corrected chi connectivity index (χ3v) is 4.37. The number of fused-ring (bicyclic) bond motifs is 1. The maximum absolute atomic E-state index is 12.7. The van der Waals surface area contributed by atoms with Crippen molar-refractivity contribution in [3.8, 4) is 11.5 Å². The summed E-state index contributed by atoms with van der Waals surface area (Å²) in [6.45, 7) is 2.07. The molecule has 1 aromatic heterocycles. The summed E-state index contributed by atoms with van der Waals surface area (Å²) in [5.41, 5.74) is 0.824. The Kier molecular flexibility index (Phi) is 5.66. The first-order valence-corrected chi connectivity index (χ1v) is 8.69. The molecule has 0 saturated heterocycles. The van der Waals surface area contributed by atoms with Crippen molar-refractivity contribution in [2.24, 2.45) is 0 Å². The van der Waals surface area contributed by atoms with Gasteiger partial charge in [-0.05, 0) is 19.1 Å². The van der Waals surface area contributed by atoms with Gasteiger partial charge >= 0.3 is 5.97 Å². The first-order valence-electron chi connectivity index (χ1n) is 8.32. The number of hydrogen-bond acceptors (Lipinski definition) is 5. The summed E-state index contributed by atoms with van der Waals surface area (Å²) in [6.07, 6.45) is 1.34. The Morgan fingerprint density at radius 3 is 2.67 bits per heavy atom. The number of pyridine rings is 1. The van der Waals surface area contributed by atoms with Crippen LogP contribution in [-0.2, 0) is 11.3 Å². The van der Waals surface area contributed by atoms with E-state index in [1.54, 1.807) is 25.1 Å². The lowest BCUT2D eigenvalue weighted by Crippen LogP contribution is -2.18. The minimum atomic E-state index is -0.671. The van der Waals surface area contributed by atoms with Crippen molar-refractivity contribution >= 4 is 28.5 Å². The molecule has 0 radical (unpaired) electrons. The van der Waals surface area contributed by atoms with Gasteiger partial charge in [-0.3, -0.25) is 4.79 Å². The van der Waals surface area contributed by atoms with Crippen molar-refractivity contribution in [2.45, 2.75) is 13.5 Å². The molecular formula is C20H18ClNO5. The SMILES string of the molecule is CCOC(=O)c1c[nH]c2cc(OC)c(OCc3ccccc3Cl)cc2c1=O. The van der Waals surface area contributed by atoms with Crippen LogP contribution in [0.15, 0.2) is 47.4 Å². The highest BCUT2D eigenvalue weighted by Crippen LogP contribution is 2.31. The van der Waals surface area contributed by atoms with Gasteiger partial charge in [0.25, 0.3) is 0 Å². The molecule has 1 heterocycles. The summed E-state index contributed by atoms with van der Waals surface area (Å²) in [6, 6.07) is 10.5. The van der Waals surface area contributed by atoms with Crippen LogP contribution in [0, 0.1) is 0 Å². The monoisotopic (exact) mass is 387 g/mol. The number of rotatable bonds is 6. The normalized spacial score (nSPS) is 10.6. The Morgan fingerprint density at radius 2 is 1.96 bits per heavy atom. The minimum Gasteiger partial charge on any atom is -0.493 e. The van der Waals surface area contributed by atoms with Gasteiger partial charge in [-0.15, -0.1) is 0 Å². The zero-order valence-corrected chi connectivity index (χ0v) is 15.6. The predicted octanol–water partition coefficient (Wildman–Crippen LogP) is 3.95. The van der Waals surface area contributed by atoms with Crippen LogP contribution >= 0.6 is 11.6 Å². The van der Waals surface area contributed by atoms with Crippen molar-refractivity contribution in [3.63, 3.8) is 0 Å². The van der Waals surface area contributed by atoms with E-state index in [4.69, 9.17) is 25.8 Å². The third-order valence-electron chi connectivity index (χ3n) is 4.00. The molecule has 0 bridgehead atoms. The third kappa shape index (κ3) is 3.90. The molecule has 7 heteroatoms. The predicted molar refractivity (Wildman–Crippen MR) is 103 cm³/mol. The van der Waals surface area contributed by atoms with Crippen LogP contribution < -0.4 is 14.9 Å². The second-order valence-corrected chi connectivity index (χ2v) is 6.09. The lowest BCUT2D eigenvalue weighted by atomic mass is 10.1. The molecule has 0 fully saturated rings. The van der Waals surface area contributed by atoms with Gasteiger partial charge in [0.2, 0.25) is 5.43 Å². The van der Waals surface area contributed by atoms with E-state index in [2.05, 4.69) is 4.98 Å². The van der Waals surface area contributed by atoms with Crippen LogP contribution in [0.4, 0.5) is 0 Å². The number of carbonyl (C=O) groups is 1. The smallest absolute Gasteiger partial charge is 0.343 e. The van der Waals surface area contributed by atoms with Gasteiger partial charge in [-0.25, -0.2) is 4.79 Å². The highest BCUT2D eigenvalue weighted by molar-refractivity contribution is 6.31. The second-order valence-electron chi connectivity index (χ2n) is 5.68. The van der Waals surface area contributed by atoms with Crippen molar-refractivity contribution in [1.29, 1.82) is 0 Å². The Labute approximate surface area is 160 Å². The van der Waals surface area contributed by atoms with Crippen molar-refractivity contribution < 1.29 is 19.0 Å². The number of aromatic amines is 1. The number of ether oxygens (including phenoxy) is 3. The maximum Gasteiger partial charge on any atom is 0.343 e. The summed E-state index contributed by atoms with van der Waals surface area (Å²) in [5.74, 6) is 0.153. The summed E-state index contributed by atoms with van der Waals surface area (Å²) in [4.78, 5) is 27.6. The second kappa shape index (κ2) is 8.14. The van der Waals surface area contributed by atoms with Crippen LogP contribution in [0.5, 0.6) is 11.5 Å². The molecule has 0 atom stereocenters. The molecule has 0 aliphatic heterocycles. The van der Waals surface area contributed by atoms with Crippen LogP contribution in [0.25, 0.3) is 10.9 Å². The number of esters is 1. The fourth-order valence-corrected chi connectivity index (χ4v) is 2.82. The molecule has 0 aliphatic rings.